The summed E-state index contributed by atoms with van der Waals surface area (Å²) in [6, 6.07) is 6.80. The van der Waals surface area contributed by atoms with Gasteiger partial charge < -0.3 is 9.55 Å². The molecule has 0 radical (unpaired) electrons. The Morgan fingerprint density at radius 1 is 1.43 bits per heavy atom. The molecule has 2 nitrogen and oxygen atoms in total. The van der Waals surface area contributed by atoms with Crippen molar-refractivity contribution >= 4 is 18.1 Å². The summed E-state index contributed by atoms with van der Waals surface area (Å²) in [5.41, 5.74) is 4.00. The molecular formula is C18H28BNO. The van der Waals surface area contributed by atoms with E-state index in [1.807, 2.05) is 6.08 Å². The maximum atomic E-state index is 6.18. The number of nitrogens with zero attached hydrogens (tertiary/aromatic N) is 1. The summed E-state index contributed by atoms with van der Waals surface area (Å²) in [7, 11) is 2.17. The van der Waals surface area contributed by atoms with Crippen LogP contribution in [-0.4, -0.2) is 26.1 Å². The monoisotopic (exact) mass is 285 g/mol. The zero-order chi connectivity index (χ0) is 15.5. The largest absolute Gasteiger partial charge is 0.426 e. The van der Waals surface area contributed by atoms with Gasteiger partial charge in [-0.05, 0) is 56.5 Å². The first kappa shape index (κ1) is 16.2. The highest BCUT2D eigenvalue weighted by Crippen LogP contribution is 2.29. The van der Waals surface area contributed by atoms with Gasteiger partial charge in [0.05, 0.1) is 0 Å². The molecule has 21 heavy (non-hydrogen) atoms. The van der Waals surface area contributed by atoms with E-state index in [0.717, 1.165) is 32.1 Å². The summed E-state index contributed by atoms with van der Waals surface area (Å²) in [6.45, 7) is 11.8. The Morgan fingerprint density at radius 2 is 2.19 bits per heavy atom. The summed E-state index contributed by atoms with van der Waals surface area (Å²) >= 11 is 0. The Balaban J connectivity index is 2.25. The fraction of sp³-hybridized carbons (Fsp3) is 0.556. The predicted molar refractivity (Wildman–Crippen MR) is 93.9 cm³/mol. The van der Waals surface area contributed by atoms with E-state index >= 15 is 0 Å². The Labute approximate surface area is 130 Å². The maximum absolute atomic E-state index is 6.18. The number of hydrogen-bond acceptors (Lipinski definition) is 2. The quantitative estimate of drug-likeness (QED) is 0.584. The Hall–Kier alpha value is -1.22. The van der Waals surface area contributed by atoms with Gasteiger partial charge in [0, 0.05) is 24.9 Å². The van der Waals surface area contributed by atoms with Gasteiger partial charge in [0.15, 0.2) is 0 Å². The number of benzene rings is 1. The highest BCUT2D eigenvalue weighted by atomic mass is 16.5. The van der Waals surface area contributed by atoms with Gasteiger partial charge in [0.25, 0.3) is 0 Å². The van der Waals surface area contributed by atoms with E-state index in [1.165, 1.54) is 16.7 Å². The smallest absolute Gasteiger partial charge is 0.327 e. The number of allylic oxidation sites excluding steroid dienone is 1. The van der Waals surface area contributed by atoms with Gasteiger partial charge in [-0.15, -0.1) is 6.58 Å². The summed E-state index contributed by atoms with van der Waals surface area (Å²) in [4.78, 5) is 2.34. The van der Waals surface area contributed by atoms with Crippen molar-refractivity contribution in [3.05, 3.63) is 36.4 Å². The van der Waals surface area contributed by atoms with Crippen LogP contribution in [0.1, 0.15) is 39.2 Å². The number of hydrogen-bond donors (Lipinski definition) is 0. The van der Waals surface area contributed by atoms with Crippen molar-refractivity contribution in [2.24, 2.45) is 0 Å². The van der Waals surface area contributed by atoms with Crippen LogP contribution in [0.3, 0.4) is 0 Å². The molecule has 1 aromatic rings. The third kappa shape index (κ3) is 3.91. The predicted octanol–water partition coefficient (Wildman–Crippen LogP) is 3.66. The molecule has 0 unspecified atom stereocenters. The average Bonchev–Trinajstić information content (AvgIpc) is 2.79. The zero-order valence-corrected chi connectivity index (χ0v) is 14.0. The SMILES string of the molecule is C=CCc1cc(B2CCC(C)(C)O2)ccc1N(C)CCC. The van der Waals surface area contributed by atoms with Crippen LogP contribution < -0.4 is 10.4 Å². The van der Waals surface area contributed by atoms with Gasteiger partial charge in [0.1, 0.15) is 0 Å². The molecule has 1 heterocycles. The summed E-state index contributed by atoms with van der Waals surface area (Å²) < 4.78 is 6.18. The highest BCUT2D eigenvalue weighted by Gasteiger charge is 2.35. The number of rotatable bonds is 6. The van der Waals surface area contributed by atoms with Crippen molar-refractivity contribution in [1.29, 1.82) is 0 Å². The third-order valence-corrected chi connectivity index (χ3v) is 4.28. The molecule has 1 fully saturated rings. The molecule has 1 aliphatic rings. The molecule has 0 saturated carbocycles. The molecule has 3 heteroatoms. The van der Waals surface area contributed by atoms with Crippen LogP contribution in [0.25, 0.3) is 0 Å². The molecule has 0 aromatic heterocycles. The van der Waals surface area contributed by atoms with Crippen LogP contribution in [0.4, 0.5) is 5.69 Å². The molecular weight excluding hydrogens is 257 g/mol. The first-order chi connectivity index (χ1) is 9.96. The molecule has 0 N–H and O–H groups in total. The standard InChI is InChI=1S/C18H28BNO/c1-6-8-15-14-16(19-12-11-18(3,4)21-19)9-10-17(15)20(5)13-7-2/h6,9-10,14H,1,7-8,11-13H2,2-5H3. The number of anilines is 1. The van der Waals surface area contributed by atoms with Crippen molar-refractivity contribution in [1.82, 2.24) is 0 Å². The minimum atomic E-state index is 0.0148. The summed E-state index contributed by atoms with van der Waals surface area (Å²) in [5.74, 6) is 0. The van der Waals surface area contributed by atoms with Crippen LogP contribution >= 0.6 is 0 Å². The lowest BCUT2D eigenvalue weighted by molar-refractivity contribution is 0.137. The van der Waals surface area contributed by atoms with Crippen molar-refractivity contribution in [2.75, 3.05) is 18.5 Å². The summed E-state index contributed by atoms with van der Waals surface area (Å²) in [6.07, 6.45) is 6.30. The van der Waals surface area contributed by atoms with E-state index in [-0.39, 0.29) is 12.5 Å². The van der Waals surface area contributed by atoms with E-state index in [1.54, 1.807) is 0 Å². The van der Waals surface area contributed by atoms with E-state index in [4.69, 9.17) is 4.65 Å². The van der Waals surface area contributed by atoms with Crippen LogP contribution in [0.2, 0.25) is 6.32 Å². The van der Waals surface area contributed by atoms with Crippen molar-refractivity contribution in [3.8, 4) is 0 Å². The van der Waals surface area contributed by atoms with Gasteiger partial charge in [-0.2, -0.15) is 0 Å². The van der Waals surface area contributed by atoms with Crippen molar-refractivity contribution in [2.45, 2.75) is 52.0 Å². The van der Waals surface area contributed by atoms with Crippen LogP contribution in [-0.2, 0) is 11.1 Å². The molecule has 1 aliphatic heterocycles. The molecule has 0 aliphatic carbocycles. The topological polar surface area (TPSA) is 12.5 Å². The molecule has 0 bridgehead atoms. The van der Waals surface area contributed by atoms with Crippen LogP contribution in [0, 0.1) is 0 Å². The lowest BCUT2D eigenvalue weighted by atomic mass is 9.59. The third-order valence-electron chi connectivity index (χ3n) is 4.28. The zero-order valence-electron chi connectivity index (χ0n) is 14.0. The molecule has 1 saturated heterocycles. The minimum absolute atomic E-state index is 0.0148. The second-order valence-electron chi connectivity index (χ2n) is 6.71. The first-order valence-electron chi connectivity index (χ1n) is 8.09. The molecule has 0 spiro atoms. The van der Waals surface area contributed by atoms with Gasteiger partial charge in [-0.3, -0.25) is 0 Å². The lowest BCUT2D eigenvalue weighted by Gasteiger charge is -2.23. The fourth-order valence-corrected chi connectivity index (χ4v) is 3.17. The molecule has 114 valence electrons. The van der Waals surface area contributed by atoms with Crippen LogP contribution in [0.5, 0.6) is 0 Å². The Bertz CT molecular complexity index is 498. The molecule has 1 aromatic carbocycles. The van der Waals surface area contributed by atoms with Gasteiger partial charge in [-0.1, -0.05) is 25.1 Å². The van der Waals surface area contributed by atoms with Gasteiger partial charge >= 0.3 is 6.92 Å². The Morgan fingerprint density at radius 3 is 2.76 bits per heavy atom. The van der Waals surface area contributed by atoms with Gasteiger partial charge in [-0.25, -0.2) is 0 Å². The van der Waals surface area contributed by atoms with E-state index in [2.05, 4.69) is 57.5 Å². The highest BCUT2D eigenvalue weighted by molar-refractivity contribution is 6.68. The second-order valence-corrected chi connectivity index (χ2v) is 6.71. The first-order valence-corrected chi connectivity index (χ1v) is 8.09. The fourth-order valence-electron chi connectivity index (χ4n) is 3.17. The van der Waals surface area contributed by atoms with Crippen molar-refractivity contribution in [3.63, 3.8) is 0 Å². The van der Waals surface area contributed by atoms with E-state index < -0.39 is 0 Å². The summed E-state index contributed by atoms with van der Waals surface area (Å²) in [5, 5.41) is 0. The minimum Gasteiger partial charge on any atom is -0.426 e. The lowest BCUT2D eigenvalue weighted by Crippen LogP contribution is -2.34. The normalized spacial score (nSPS) is 17.0. The Kier molecular flexibility index (Phi) is 5.15. The molecule has 0 amide bonds. The van der Waals surface area contributed by atoms with Gasteiger partial charge in [0.2, 0.25) is 0 Å². The molecule has 2 rings (SSSR count). The van der Waals surface area contributed by atoms with E-state index in [0.29, 0.717) is 0 Å². The molecule has 0 atom stereocenters. The maximum Gasteiger partial charge on any atom is 0.327 e. The van der Waals surface area contributed by atoms with E-state index in [9.17, 15) is 0 Å². The average molecular weight is 285 g/mol. The van der Waals surface area contributed by atoms with Crippen molar-refractivity contribution < 1.29 is 4.65 Å². The van der Waals surface area contributed by atoms with Crippen LogP contribution in [0.15, 0.2) is 30.9 Å². The second kappa shape index (κ2) is 6.70.